The first-order chi connectivity index (χ1) is 9.93. The summed E-state index contributed by atoms with van der Waals surface area (Å²) in [4.78, 5) is 11.7. The molecule has 21 heavy (non-hydrogen) atoms. The molecule has 1 rings (SSSR count). The molecule has 0 saturated heterocycles. The molecule has 118 valence electrons. The zero-order valence-electron chi connectivity index (χ0n) is 12.5. The number of hydrogen-bond donors (Lipinski definition) is 2. The van der Waals surface area contributed by atoms with Gasteiger partial charge in [0.15, 0.2) is 0 Å². The van der Waals surface area contributed by atoms with Gasteiger partial charge in [-0.05, 0) is 18.6 Å². The van der Waals surface area contributed by atoms with E-state index in [4.69, 9.17) is 0 Å². The number of nitrogens with one attached hydrogen (secondary N) is 2. The molecule has 0 fully saturated rings. The van der Waals surface area contributed by atoms with E-state index in [1.807, 2.05) is 25.1 Å². The minimum Gasteiger partial charge on any atom is -0.337 e. The maximum atomic E-state index is 11.7. The van der Waals surface area contributed by atoms with Crippen molar-refractivity contribution in [1.29, 1.82) is 0 Å². The summed E-state index contributed by atoms with van der Waals surface area (Å²) in [6, 6.07) is 8.73. The van der Waals surface area contributed by atoms with E-state index in [-0.39, 0.29) is 19.1 Å². The van der Waals surface area contributed by atoms with E-state index >= 15 is 0 Å². The second-order valence-corrected chi connectivity index (χ2v) is 6.74. The highest BCUT2D eigenvalue weighted by Gasteiger charge is 2.15. The molecule has 0 aliphatic carbocycles. The Labute approximate surface area is 126 Å². The normalized spacial score (nSPS) is 11.4. The molecule has 1 aromatic rings. The topological polar surface area (TPSA) is 78.5 Å². The number of unbranched alkanes of at least 4 members (excludes halogenated alkanes) is 1. The highest BCUT2D eigenvalue weighted by molar-refractivity contribution is 7.88. The third-order valence-corrected chi connectivity index (χ3v) is 4.21. The lowest BCUT2D eigenvalue weighted by Gasteiger charge is -2.19. The van der Waals surface area contributed by atoms with Crippen molar-refractivity contribution in [3.63, 3.8) is 0 Å². The van der Waals surface area contributed by atoms with Gasteiger partial charge in [0, 0.05) is 25.3 Å². The summed E-state index contributed by atoms with van der Waals surface area (Å²) in [5.74, 6) is 0. The second-order valence-electron chi connectivity index (χ2n) is 4.76. The van der Waals surface area contributed by atoms with Crippen LogP contribution in [0, 0.1) is 0 Å². The molecule has 0 aromatic heterocycles. The van der Waals surface area contributed by atoms with Crippen LogP contribution in [0.1, 0.15) is 19.8 Å². The van der Waals surface area contributed by atoms with Crippen molar-refractivity contribution in [2.45, 2.75) is 19.8 Å². The number of nitrogens with zero attached hydrogens (tertiary/aromatic N) is 1. The molecule has 0 radical (unpaired) electrons. The number of carbonyl (C=O) groups excluding carboxylic acids is 1. The Hall–Kier alpha value is -1.60. The maximum absolute atomic E-state index is 11.7. The van der Waals surface area contributed by atoms with Crippen molar-refractivity contribution in [3.8, 4) is 0 Å². The first kappa shape index (κ1) is 17.5. The van der Waals surface area contributed by atoms with Crippen LogP contribution in [0.15, 0.2) is 30.3 Å². The number of anilines is 1. The van der Waals surface area contributed by atoms with E-state index < -0.39 is 10.0 Å². The minimum atomic E-state index is -3.23. The lowest BCUT2D eigenvalue weighted by Crippen LogP contribution is -2.39. The molecular weight excluding hydrogens is 290 g/mol. The monoisotopic (exact) mass is 313 g/mol. The van der Waals surface area contributed by atoms with Gasteiger partial charge in [0.2, 0.25) is 10.0 Å². The van der Waals surface area contributed by atoms with Crippen molar-refractivity contribution in [2.75, 3.05) is 31.2 Å². The number of carbonyl (C=O) groups is 1. The van der Waals surface area contributed by atoms with Gasteiger partial charge in [0.05, 0.1) is 6.26 Å². The minimum absolute atomic E-state index is 0.273. The van der Waals surface area contributed by atoms with Crippen molar-refractivity contribution in [2.24, 2.45) is 0 Å². The molecule has 0 unspecified atom stereocenters. The molecule has 0 aliphatic heterocycles. The molecule has 0 bridgehead atoms. The van der Waals surface area contributed by atoms with Crippen molar-refractivity contribution < 1.29 is 13.2 Å². The summed E-state index contributed by atoms with van der Waals surface area (Å²) in [6.45, 7) is 3.04. The van der Waals surface area contributed by atoms with Crippen LogP contribution in [-0.4, -0.2) is 44.6 Å². The number of hydrogen-bond acceptors (Lipinski definition) is 3. The van der Waals surface area contributed by atoms with Crippen LogP contribution in [-0.2, 0) is 10.0 Å². The van der Waals surface area contributed by atoms with Gasteiger partial charge in [-0.1, -0.05) is 31.5 Å². The van der Waals surface area contributed by atoms with Crippen LogP contribution >= 0.6 is 0 Å². The van der Waals surface area contributed by atoms with Gasteiger partial charge in [-0.2, -0.15) is 0 Å². The smallest absolute Gasteiger partial charge is 0.319 e. The average Bonchev–Trinajstić information content (AvgIpc) is 2.42. The molecule has 0 aliphatic rings. The molecule has 0 spiro atoms. The van der Waals surface area contributed by atoms with Gasteiger partial charge in [0.25, 0.3) is 0 Å². The lowest BCUT2D eigenvalue weighted by molar-refractivity contribution is 0.251. The number of benzene rings is 1. The summed E-state index contributed by atoms with van der Waals surface area (Å²) < 4.78 is 24.6. The van der Waals surface area contributed by atoms with Crippen LogP contribution in [0.5, 0.6) is 0 Å². The Morgan fingerprint density at radius 1 is 1.19 bits per heavy atom. The Balaban J connectivity index is 2.38. The Morgan fingerprint density at radius 3 is 2.43 bits per heavy atom. The van der Waals surface area contributed by atoms with Crippen LogP contribution in [0.2, 0.25) is 0 Å². The van der Waals surface area contributed by atoms with Crippen molar-refractivity contribution in [1.82, 2.24) is 9.62 Å². The quantitative estimate of drug-likeness (QED) is 0.769. The maximum Gasteiger partial charge on any atom is 0.319 e. The van der Waals surface area contributed by atoms with Crippen LogP contribution in [0.25, 0.3) is 0 Å². The zero-order chi connectivity index (χ0) is 15.7. The largest absolute Gasteiger partial charge is 0.337 e. The van der Waals surface area contributed by atoms with Gasteiger partial charge in [-0.3, -0.25) is 0 Å². The first-order valence-electron chi connectivity index (χ1n) is 6.98. The molecule has 1 aromatic carbocycles. The molecule has 0 heterocycles. The number of para-hydroxylation sites is 1. The Kier molecular flexibility index (Phi) is 7.18. The van der Waals surface area contributed by atoms with Crippen molar-refractivity contribution in [3.05, 3.63) is 30.3 Å². The van der Waals surface area contributed by atoms with Crippen LogP contribution in [0.3, 0.4) is 0 Å². The fraction of sp³-hybridized carbons (Fsp3) is 0.500. The van der Waals surface area contributed by atoms with Crippen LogP contribution in [0.4, 0.5) is 10.5 Å². The molecule has 0 atom stereocenters. The third-order valence-electron chi connectivity index (χ3n) is 2.91. The van der Waals surface area contributed by atoms with Crippen molar-refractivity contribution >= 4 is 21.7 Å². The number of sulfonamides is 1. The summed E-state index contributed by atoms with van der Waals surface area (Å²) in [7, 11) is -3.23. The van der Waals surface area contributed by atoms with E-state index in [9.17, 15) is 13.2 Å². The predicted octanol–water partition coefficient (Wildman–Crippen LogP) is 1.87. The van der Waals surface area contributed by atoms with Gasteiger partial charge < -0.3 is 10.6 Å². The summed E-state index contributed by atoms with van der Waals surface area (Å²) in [5.41, 5.74) is 0.695. The zero-order valence-corrected chi connectivity index (χ0v) is 13.3. The van der Waals surface area contributed by atoms with E-state index in [0.29, 0.717) is 12.2 Å². The molecule has 2 N–H and O–H groups in total. The lowest BCUT2D eigenvalue weighted by atomic mass is 10.3. The average molecular weight is 313 g/mol. The van der Waals surface area contributed by atoms with Gasteiger partial charge >= 0.3 is 6.03 Å². The number of urea groups is 1. The van der Waals surface area contributed by atoms with E-state index in [1.165, 1.54) is 10.6 Å². The summed E-state index contributed by atoms with van der Waals surface area (Å²) in [6.07, 6.45) is 2.92. The van der Waals surface area contributed by atoms with E-state index in [0.717, 1.165) is 12.8 Å². The molecule has 2 amide bonds. The number of rotatable bonds is 8. The fourth-order valence-corrected chi connectivity index (χ4v) is 2.65. The fourth-order valence-electron chi connectivity index (χ4n) is 1.77. The Bertz CT molecular complexity index is 532. The predicted molar refractivity (Wildman–Crippen MR) is 84.8 cm³/mol. The SMILES string of the molecule is CCCCN(CCNC(=O)Nc1ccccc1)S(C)(=O)=O. The van der Waals surface area contributed by atoms with E-state index in [2.05, 4.69) is 10.6 Å². The summed E-state index contributed by atoms with van der Waals surface area (Å²) in [5, 5.41) is 5.33. The highest BCUT2D eigenvalue weighted by Crippen LogP contribution is 2.04. The van der Waals surface area contributed by atoms with Gasteiger partial charge in [-0.25, -0.2) is 17.5 Å². The number of amides is 2. The molecule has 7 heteroatoms. The van der Waals surface area contributed by atoms with Crippen LogP contribution < -0.4 is 10.6 Å². The first-order valence-corrected chi connectivity index (χ1v) is 8.83. The van der Waals surface area contributed by atoms with Gasteiger partial charge in [-0.15, -0.1) is 0 Å². The van der Waals surface area contributed by atoms with E-state index in [1.54, 1.807) is 12.1 Å². The third kappa shape index (κ3) is 7.10. The molecule has 6 nitrogen and oxygen atoms in total. The highest BCUT2D eigenvalue weighted by atomic mass is 32.2. The van der Waals surface area contributed by atoms with Gasteiger partial charge in [0.1, 0.15) is 0 Å². The standard InChI is InChI=1S/C14H23N3O3S/c1-3-4-11-17(21(2,19)20)12-10-15-14(18)16-13-8-6-5-7-9-13/h5-9H,3-4,10-12H2,1-2H3,(H2,15,16,18). The molecule has 0 saturated carbocycles. The summed E-state index contributed by atoms with van der Waals surface area (Å²) >= 11 is 0. The Morgan fingerprint density at radius 2 is 1.86 bits per heavy atom. The second kappa shape index (κ2) is 8.63. The molecular formula is C14H23N3O3S.